The largest absolute Gasteiger partial charge is 0.495 e. The molecule has 0 unspecified atom stereocenters. The number of methoxy groups -OCH3 is 1. The third-order valence-corrected chi connectivity index (χ3v) is 3.02. The molecular formula is C12H15N3O3. The van der Waals surface area contributed by atoms with Gasteiger partial charge in [-0.15, -0.1) is 0 Å². The molecule has 6 nitrogen and oxygen atoms in total. The Morgan fingerprint density at radius 1 is 1.50 bits per heavy atom. The van der Waals surface area contributed by atoms with E-state index < -0.39 is 11.8 Å². The number of hydrogen-bond acceptors (Lipinski definition) is 4. The SMILES string of the molecule is COc1ccc(N)cc1N1C[C@H](C(N)=O)CC1=O. The van der Waals surface area contributed by atoms with Gasteiger partial charge in [0.1, 0.15) is 5.75 Å². The number of anilines is 2. The summed E-state index contributed by atoms with van der Waals surface area (Å²) < 4.78 is 5.19. The topological polar surface area (TPSA) is 98.7 Å². The second-order valence-electron chi connectivity index (χ2n) is 4.24. The second-order valence-corrected chi connectivity index (χ2v) is 4.24. The maximum Gasteiger partial charge on any atom is 0.227 e. The van der Waals surface area contributed by atoms with E-state index in [1.54, 1.807) is 18.2 Å². The van der Waals surface area contributed by atoms with E-state index in [0.29, 0.717) is 17.1 Å². The monoisotopic (exact) mass is 249 g/mol. The minimum atomic E-state index is -0.464. The first-order valence-electron chi connectivity index (χ1n) is 5.56. The summed E-state index contributed by atoms with van der Waals surface area (Å²) in [5.74, 6) is -0.525. The second kappa shape index (κ2) is 4.56. The molecule has 1 fully saturated rings. The average molecular weight is 249 g/mol. The number of nitrogens with zero attached hydrogens (tertiary/aromatic N) is 1. The lowest BCUT2D eigenvalue weighted by molar-refractivity contribution is -0.123. The van der Waals surface area contributed by atoms with Crippen LogP contribution in [0.4, 0.5) is 11.4 Å². The Morgan fingerprint density at radius 2 is 2.22 bits per heavy atom. The highest BCUT2D eigenvalue weighted by Gasteiger charge is 2.35. The van der Waals surface area contributed by atoms with Gasteiger partial charge in [0.15, 0.2) is 0 Å². The predicted octanol–water partition coefficient (Wildman–Crippen LogP) is 0.116. The molecule has 18 heavy (non-hydrogen) atoms. The van der Waals surface area contributed by atoms with Gasteiger partial charge < -0.3 is 21.1 Å². The molecule has 0 saturated carbocycles. The Morgan fingerprint density at radius 3 is 2.78 bits per heavy atom. The lowest BCUT2D eigenvalue weighted by Crippen LogP contribution is -2.28. The Hall–Kier alpha value is -2.24. The number of amides is 2. The van der Waals surface area contributed by atoms with Crippen LogP contribution in [0.3, 0.4) is 0 Å². The number of carbonyl (C=O) groups excluding carboxylic acids is 2. The molecule has 2 rings (SSSR count). The number of nitrogen functional groups attached to an aromatic ring is 1. The van der Waals surface area contributed by atoms with Gasteiger partial charge in [-0.1, -0.05) is 0 Å². The molecule has 2 amide bonds. The smallest absolute Gasteiger partial charge is 0.227 e. The zero-order valence-electron chi connectivity index (χ0n) is 10.1. The molecule has 1 aromatic carbocycles. The van der Waals surface area contributed by atoms with E-state index in [9.17, 15) is 9.59 Å². The molecule has 0 aliphatic carbocycles. The van der Waals surface area contributed by atoms with Crippen molar-refractivity contribution in [3.05, 3.63) is 18.2 Å². The fraction of sp³-hybridized carbons (Fsp3) is 0.333. The summed E-state index contributed by atoms with van der Waals surface area (Å²) in [4.78, 5) is 24.5. The molecule has 0 radical (unpaired) electrons. The first kappa shape index (κ1) is 12.2. The maximum atomic E-state index is 11.9. The van der Waals surface area contributed by atoms with Crippen LogP contribution in [0.15, 0.2) is 18.2 Å². The predicted molar refractivity (Wildman–Crippen MR) is 67.1 cm³/mol. The molecule has 1 aliphatic rings. The van der Waals surface area contributed by atoms with Crippen LogP contribution in [0, 0.1) is 5.92 Å². The van der Waals surface area contributed by atoms with Crippen molar-refractivity contribution < 1.29 is 14.3 Å². The van der Waals surface area contributed by atoms with Crippen LogP contribution < -0.4 is 21.1 Å². The molecule has 1 saturated heterocycles. The van der Waals surface area contributed by atoms with Gasteiger partial charge in [0.05, 0.1) is 18.7 Å². The van der Waals surface area contributed by atoms with Gasteiger partial charge in [0, 0.05) is 18.7 Å². The number of nitrogens with two attached hydrogens (primary N) is 2. The third-order valence-electron chi connectivity index (χ3n) is 3.02. The Kier molecular flexibility index (Phi) is 3.10. The zero-order valence-corrected chi connectivity index (χ0v) is 10.1. The number of rotatable bonds is 3. The van der Waals surface area contributed by atoms with Gasteiger partial charge in [-0.3, -0.25) is 9.59 Å². The minimum Gasteiger partial charge on any atom is -0.495 e. The summed E-state index contributed by atoms with van der Waals surface area (Å²) in [5, 5.41) is 0. The summed E-state index contributed by atoms with van der Waals surface area (Å²) in [6, 6.07) is 5.03. The van der Waals surface area contributed by atoms with Gasteiger partial charge in [-0.05, 0) is 18.2 Å². The lowest BCUT2D eigenvalue weighted by atomic mass is 10.1. The fourth-order valence-electron chi connectivity index (χ4n) is 2.05. The van der Waals surface area contributed by atoms with Gasteiger partial charge in [-0.2, -0.15) is 0 Å². The summed E-state index contributed by atoms with van der Waals surface area (Å²) in [5.41, 5.74) is 12.0. The van der Waals surface area contributed by atoms with Crippen molar-refractivity contribution in [2.75, 3.05) is 24.3 Å². The molecule has 96 valence electrons. The van der Waals surface area contributed by atoms with Crippen molar-refractivity contribution in [1.29, 1.82) is 0 Å². The highest BCUT2D eigenvalue weighted by Crippen LogP contribution is 2.34. The van der Waals surface area contributed by atoms with E-state index in [-0.39, 0.29) is 18.9 Å². The van der Waals surface area contributed by atoms with E-state index in [1.165, 1.54) is 12.0 Å². The first-order valence-corrected chi connectivity index (χ1v) is 5.56. The van der Waals surface area contributed by atoms with Crippen LogP contribution in [-0.4, -0.2) is 25.5 Å². The number of hydrogen-bond donors (Lipinski definition) is 2. The van der Waals surface area contributed by atoms with Gasteiger partial charge >= 0.3 is 0 Å². The van der Waals surface area contributed by atoms with Crippen molar-refractivity contribution in [2.45, 2.75) is 6.42 Å². The van der Waals surface area contributed by atoms with E-state index in [1.807, 2.05) is 0 Å². The Balaban J connectivity index is 2.34. The number of benzene rings is 1. The highest BCUT2D eigenvalue weighted by atomic mass is 16.5. The maximum absolute atomic E-state index is 11.9. The molecule has 0 aromatic heterocycles. The van der Waals surface area contributed by atoms with Crippen molar-refractivity contribution in [1.82, 2.24) is 0 Å². The van der Waals surface area contributed by atoms with Crippen LogP contribution in [0.25, 0.3) is 0 Å². The summed E-state index contributed by atoms with van der Waals surface area (Å²) in [6.45, 7) is 0.272. The average Bonchev–Trinajstić information content (AvgIpc) is 2.71. The molecule has 0 bridgehead atoms. The Bertz CT molecular complexity index is 501. The lowest BCUT2D eigenvalue weighted by Gasteiger charge is -2.19. The highest BCUT2D eigenvalue weighted by molar-refractivity contribution is 6.01. The minimum absolute atomic E-state index is 0.132. The molecular weight excluding hydrogens is 234 g/mol. The normalized spacial score (nSPS) is 19.1. The summed E-state index contributed by atoms with van der Waals surface area (Å²) in [7, 11) is 1.52. The molecule has 1 aliphatic heterocycles. The molecule has 0 spiro atoms. The van der Waals surface area contributed by atoms with Crippen LogP contribution in [-0.2, 0) is 9.59 Å². The zero-order chi connectivity index (χ0) is 13.3. The van der Waals surface area contributed by atoms with Gasteiger partial charge in [-0.25, -0.2) is 0 Å². The van der Waals surface area contributed by atoms with E-state index in [4.69, 9.17) is 16.2 Å². The van der Waals surface area contributed by atoms with E-state index >= 15 is 0 Å². The number of carbonyl (C=O) groups is 2. The van der Waals surface area contributed by atoms with E-state index in [2.05, 4.69) is 0 Å². The number of primary amides is 1. The molecule has 6 heteroatoms. The summed E-state index contributed by atoms with van der Waals surface area (Å²) in [6.07, 6.45) is 0.132. The molecule has 4 N–H and O–H groups in total. The molecule has 1 atom stereocenters. The first-order chi connectivity index (χ1) is 8.52. The quantitative estimate of drug-likeness (QED) is 0.743. The van der Waals surface area contributed by atoms with Crippen LogP contribution >= 0.6 is 0 Å². The van der Waals surface area contributed by atoms with Gasteiger partial charge in [0.2, 0.25) is 11.8 Å². The van der Waals surface area contributed by atoms with Crippen LogP contribution in [0.5, 0.6) is 5.75 Å². The van der Waals surface area contributed by atoms with Gasteiger partial charge in [0.25, 0.3) is 0 Å². The number of ether oxygens (including phenoxy) is 1. The van der Waals surface area contributed by atoms with Crippen molar-refractivity contribution in [3.8, 4) is 5.75 Å². The fourth-order valence-corrected chi connectivity index (χ4v) is 2.05. The van der Waals surface area contributed by atoms with Crippen LogP contribution in [0.2, 0.25) is 0 Å². The standard InChI is InChI=1S/C12H15N3O3/c1-18-10-3-2-8(13)5-9(10)15-6-7(12(14)17)4-11(15)16/h2-3,5,7H,4,6,13H2,1H3,(H2,14,17)/t7-/m1/s1. The van der Waals surface area contributed by atoms with E-state index in [0.717, 1.165) is 0 Å². The summed E-state index contributed by atoms with van der Waals surface area (Å²) >= 11 is 0. The van der Waals surface area contributed by atoms with Crippen molar-refractivity contribution in [3.63, 3.8) is 0 Å². The molecule has 1 aromatic rings. The molecule has 1 heterocycles. The van der Waals surface area contributed by atoms with Crippen molar-refractivity contribution >= 4 is 23.2 Å². The third kappa shape index (κ3) is 2.09. The Labute approximate surface area is 104 Å². The van der Waals surface area contributed by atoms with Crippen molar-refractivity contribution in [2.24, 2.45) is 11.7 Å². The van der Waals surface area contributed by atoms with Crippen LogP contribution in [0.1, 0.15) is 6.42 Å².